The van der Waals surface area contributed by atoms with Gasteiger partial charge in [0.05, 0.1) is 17.7 Å². The number of rotatable bonds is 3. The maximum Gasteiger partial charge on any atom is 0.328 e. The molecule has 1 N–H and O–H groups in total. The van der Waals surface area contributed by atoms with Crippen LogP contribution in [0.2, 0.25) is 10.0 Å². The van der Waals surface area contributed by atoms with Crippen LogP contribution < -0.4 is 5.32 Å². The second-order valence-corrected chi connectivity index (χ2v) is 5.39. The van der Waals surface area contributed by atoms with Gasteiger partial charge in [0, 0.05) is 8.59 Å². The van der Waals surface area contributed by atoms with E-state index in [0.717, 1.165) is 0 Å². The molecule has 0 bridgehead atoms. The molecule has 0 spiro atoms. The van der Waals surface area contributed by atoms with Crippen LogP contribution in [0.1, 0.15) is 17.3 Å². The molecule has 0 unspecified atom stereocenters. The number of methoxy groups -OCH3 is 1. The fraction of sp³-hybridized carbons (Fsp3) is 0.273. The average molecular weight is 402 g/mol. The Morgan fingerprint density at radius 3 is 2.56 bits per heavy atom. The maximum absolute atomic E-state index is 12.0. The number of hydrogen-bond acceptors (Lipinski definition) is 3. The highest BCUT2D eigenvalue weighted by Gasteiger charge is 2.19. The van der Waals surface area contributed by atoms with Crippen LogP contribution in [0.3, 0.4) is 0 Å². The molecule has 0 fully saturated rings. The molecule has 1 rings (SSSR count). The van der Waals surface area contributed by atoms with E-state index in [4.69, 9.17) is 23.2 Å². The third kappa shape index (κ3) is 3.73. The van der Waals surface area contributed by atoms with E-state index in [9.17, 15) is 9.59 Å². The molecule has 1 aromatic rings. The van der Waals surface area contributed by atoms with Crippen molar-refractivity contribution in [2.45, 2.75) is 13.0 Å². The second kappa shape index (κ2) is 6.58. The van der Waals surface area contributed by atoms with Crippen LogP contribution in [0.15, 0.2) is 12.1 Å². The third-order valence-electron chi connectivity index (χ3n) is 2.14. The summed E-state index contributed by atoms with van der Waals surface area (Å²) < 4.78 is 5.10. The molecule has 1 aromatic carbocycles. The van der Waals surface area contributed by atoms with Gasteiger partial charge in [-0.25, -0.2) is 4.79 Å². The Morgan fingerprint density at radius 2 is 2.00 bits per heavy atom. The molecule has 0 heterocycles. The lowest BCUT2D eigenvalue weighted by molar-refractivity contribution is -0.142. The zero-order valence-electron chi connectivity index (χ0n) is 9.59. The van der Waals surface area contributed by atoms with Crippen LogP contribution in [0.4, 0.5) is 0 Å². The minimum atomic E-state index is -0.740. The van der Waals surface area contributed by atoms with Crippen molar-refractivity contribution >= 4 is 57.7 Å². The van der Waals surface area contributed by atoms with Crippen LogP contribution in [0.5, 0.6) is 0 Å². The van der Waals surface area contributed by atoms with E-state index in [1.54, 1.807) is 6.07 Å². The molecule has 1 atom stereocenters. The Hall–Kier alpha value is -0.530. The molecule has 0 aliphatic heterocycles. The first-order valence-corrected chi connectivity index (χ1v) is 6.73. The zero-order valence-corrected chi connectivity index (χ0v) is 13.3. The lowest BCUT2D eigenvalue weighted by Crippen LogP contribution is -2.39. The normalized spacial score (nSPS) is 11.8. The van der Waals surface area contributed by atoms with Crippen molar-refractivity contribution in [1.82, 2.24) is 5.32 Å². The smallest absolute Gasteiger partial charge is 0.328 e. The lowest BCUT2D eigenvalue weighted by Gasteiger charge is -2.13. The highest BCUT2D eigenvalue weighted by atomic mass is 127. The van der Waals surface area contributed by atoms with Crippen molar-refractivity contribution in [3.05, 3.63) is 31.3 Å². The number of ether oxygens (including phenoxy) is 1. The first-order chi connectivity index (χ1) is 8.36. The quantitative estimate of drug-likeness (QED) is 0.481. The highest BCUT2D eigenvalue weighted by Crippen LogP contribution is 2.26. The summed E-state index contributed by atoms with van der Waals surface area (Å²) >= 11 is 13.7. The van der Waals surface area contributed by atoms with Crippen LogP contribution in [0, 0.1) is 3.57 Å². The SMILES string of the molecule is COC(=O)[C@H](C)NC(=O)c1cc(Cl)cc(Cl)c1I. The predicted octanol–water partition coefficient (Wildman–Crippen LogP) is 2.89. The molecule has 0 saturated heterocycles. The predicted molar refractivity (Wildman–Crippen MR) is 78.1 cm³/mol. The first-order valence-electron chi connectivity index (χ1n) is 4.90. The van der Waals surface area contributed by atoms with E-state index in [1.807, 2.05) is 22.6 Å². The van der Waals surface area contributed by atoms with Gasteiger partial charge in [0.1, 0.15) is 6.04 Å². The summed E-state index contributed by atoms with van der Waals surface area (Å²) in [6, 6.07) is 2.30. The van der Waals surface area contributed by atoms with Gasteiger partial charge in [0.2, 0.25) is 0 Å². The van der Waals surface area contributed by atoms with Crippen LogP contribution >= 0.6 is 45.8 Å². The summed E-state index contributed by atoms with van der Waals surface area (Å²) in [6.07, 6.45) is 0. The third-order valence-corrected chi connectivity index (χ3v) is 4.14. The molecular formula is C11H10Cl2INO3. The minimum absolute atomic E-state index is 0.323. The summed E-state index contributed by atoms with van der Waals surface area (Å²) in [5, 5.41) is 3.25. The summed E-state index contributed by atoms with van der Waals surface area (Å²) in [5.74, 6) is -0.951. The van der Waals surface area contributed by atoms with E-state index < -0.39 is 17.9 Å². The molecule has 7 heteroatoms. The number of benzene rings is 1. The Kier molecular flexibility index (Phi) is 5.68. The number of nitrogens with one attached hydrogen (secondary N) is 1. The molecule has 98 valence electrons. The highest BCUT2D eigenvalue weighted by molar-refractivity contribution is 14.1. The number of hydrogen-bond donors (Lipinski definition) is 1. The van der Waals surface area contributed by atoms with Gasteiger partial charge in [-0.3, -0.25) is 4.79 Å². The van der Waals surface area contributed by atoms with E-state index in [0.29, 0.717) is 19.2 Å². The lowest BCUT2D eigenvalue weighted by atomic mass is 10.2. The zero-order chi connectivity index (χ0) is 13.9. The molecular weight excluding hydrogens is 392 g/mol. The van der Waals surface area contributed by atoms with Crippen LogP contribution in [-0.4, -0.2) is 25.0 Å². The number of carbonyl (C=O) groups excluding carboxylic acids is 2. The van der Waals surface area contributed by atoms with E-state index in [2.05, 4.69) is 10.1 Å². The fourth-order valence-electron chi connectivity index (χ4n) is 1.23. The Balaban J connectivity index is 2.95. The Bertz CT molecular complexity index is 493. The van der Waals surface area contributed by atoms with Gasteiger partial charge < -0.3 is 10.1 Å². The van der Waals surface area contributed by atoms with Crippen molar-refractivity contribution in [3.63, 3.8) is 0 Å². The van der Waals surface area contributed by atoms with E-state index in [-0.39, 0.29) is 0 Å². The van der Waals surface area contributed by atoms with Gasteiger partial charge in [-0.1, -0.05) is 23.2 Å². The minimum Gasteiger partial charge on any atom is -0.467 e. The van der Waals surface area contributed by atoms with Gasteiger partial charge in [-0.15, -0.1) is 0 Å². The molecule has 0 aliphatic rings. The summed E-state index contributed by atoms with van der Waals surface area (Å²) in [5.41, 5.74) is 0.323. The standard InChI is InChI=1S/C11H10Cl2INO3/c1-5(11(17)18-2)15-10(16)7-3-6(12)4-8(13)9(7)14/h3-5H,1-2H3,(H,15,16)/t5-/m0/s1. The van der Waals surface area contributed by atoms with Gasteiger partial charge in [-0.05, 0) is 41.6 Å². The topological polar surface area (TPSA) is 55.4 Å². The van der Waals surface area contributed by atoms with Crippen molar-refractivity contribution in [3.8, 4) is 0 Å². The van der Waals surface area contributed by atoms with Gasteiger partial charge in [0.15, 0.2) is 0 Å². The molecule has 0 saturated carbocycles. The summed E-state index contributed by atoms with van der Waals surface area (Å²) in [7, 11) is 1.25. The molecule has 4 nitrogen and oxygen atoms in total. The number of halogens is 3. The van der Waals surface area contributed by atoms with E-state index >= 15 is 0 Å². The van der Waals surface area contributed by atoms with Crippen molar-refractivity contribution in [2.24, 2.45) is 0 Å². The van der Waals surface area contributed by atoms with Gasteiger partial charge >= 0.3 is 5.97 Å². The monoisotopic (exact) mass is 401 g/mol. The van der Waals surface area contributed by atoms with Gasteiger partial charge in [-0.2, -0.15) is 0 Å². The molecule has 0 aromatic heterocycles. The largest absolute Gasteiger partial charge is 0.467 e. The second-order valence-electron chi connectivity index (χ2n) is 3.47. The first kappa shape index (κ1) is 15.5. The number of amides is 1. The summed E-state index contributed by atoms with van der Waals surface area (Å²) in [6.45, 7) is 1.53. The van der Waals surface area contributed by atoms with Crippen molar-refractivity contribution < 1.29 is 14.3 Å². The number of esters is 1. The van der Waals surface area contributed by atoms with Gasteiger partial charge in [0.25, 0.3) is 5.91 Å². The Labute approximate surface area is 128 Å². The molecule has 0 radical (unpaired) electrons. The number of carbonyl (C=O) groups is 2. The molecule has 18 heavy (non-hydrogen) atoms. The average Bonchev–Trinajstić information content (AvgIpc) is 2.32. The van der Waals surface area contributed by atoms with Crippen molar-refractivity contribution in [1.29, 1.82) is 0 Å². The maximum atomic E-state index is 12.0. The van der Waals surface area contributed by atoms with Crippen LogP contribution in [0.25, 0.3) is 0 Å². The van der Waals surface area contributed by atoms with E-state index in [1.165, 1.54) is 20.1 Å². The van der Waals surface area contributed by atoms with Crippen molar-refractivity contribution in [2.75, 3.05) is 7.11 Å². The molecule has 1 amide bonds. The van der Waals surface area contributed by atoms with Crippen LogP contribution in [-0.2, 0) is 9.53 Å². The fourth-order valence-corrected chi connectivity index (χ4v) is 2.28. The summed E-state index contributed by atoms with van der Waals surface area (Å²) in [4.78, 5) is 23.2. The molecule has 0 aliphatic carbocycles. The Morgan fingerprint density at radius 1 is 1.39 bits per heavy atom.